The van der Waals surface area contributed by atoms with Crippen molar-refractivity contribution in [1.29, 1.82) is 0 Å². The minimum absolute atomic E-state index is 0.0726. The Bertz CT molecular complexity index is 899. The van der Waals surface area contributed by atoms with Crippen LogP contribution in [0.1, 0.15) is 36.3 Å². The Labute approximate surface area is 186 Å². The van der Waals surface area contributed by atoms with Crippen LogP contribution in [0.4, 0.5) is 5.69 Å². The molecule has 1 amide bonds. The van der Waals surface area contributed by atoms with Gasteiger partial charge in [0.15, 0.2) is 0 Å². The maximum Gasteiger partial charge on any atom is 0.224 e. The highest BCUT2D eigenvalue weighted by Crippen LogP contribution is 2.42. The summed E-state index contributed by atoms with van der Waals surface area (Å²) in [5, 5.41) is 14.1. The average Bonchev–Trinajstić information content (AvgIpc) is 2.75. The fraction of sp³-hybridized carbons (Fsp3) is 0.435. The number of piperidine rings is 1. The number of amides is 1. The summed E-state index contributed by atoms with van der Waals surface area (Å²) in [4.78, 5) is 14.0. The molecule has 0 bridgehead atoms. The number of aliphatic hydroxyl groups is 1. The summed E-state index contributed by atoms with van der Waals surface area (Å²) >= 11 is 12.6. The molecule has 2 heterocycles. The number of benzene rings is 2. The summed E-state index contributed by atoms with van der Waals surface area (Å²) in [5.74, 6) is 1.01. The Morgan fingerprint density at radius 2 is 1.87 bits per heavy atom. The predicted octanol–water partition coefficient (Wildman–Crippen LogP) is 4.50. The molecule has 2 aromatic carbocycles. The van der Waals surface area contributed by atoms with E-state index in [1.165, 1.54) is 5.56 Å². The minimum atomic E-state index is -0.626. The monoisotopic (exact) mass is 448 g/mol. The van der Waals surface area contributed by atoms with Gasteiger partial charge in [-0.3, -0.25) is 4.79 Å². The number of carbonyl (C=O) groups excluding carboxylic acids is 1. The summed E-state index contributed by atoms with van der Waals surface area (Å²) in [7, 11) is 0. The number of likely N-dealkylation sites (tertiary alicyclic amines) is 1. The van der Waals surface area contributed by atoms with Crippen LogP contribution >= 0.6 is 23.2 Å². The fourth-order valence-corrected chi connectivity index (χ4v) is 4.93. The van der Waals surface area contributed by atoms with Crippen molar-refractivity contribution in [1.82, 2.24) is 4.90 Å². The molecule has 2 N–H and O–H groups in total. The molecular weight excluding hydrogens is 423 g/mol. The molecule has 2 aliphatic heterocycles. The molecule has 1 atom stereocenters. The second-order valence-electron chi connectivity index (χ2n) is 8.02. The third-order valence-corrected chi connectivity index (χ3v) is 6.48. The van der Waals surface area contributed by atoms with Crippen LogP contribution in [0.15, 0.2) is 36.4 Å². The van der Waals surface area contributed by atoms with E-state index >= 15 is 0 Å². The van der Waals surface area contributed by atoms with Gasteiger partial charge in [-0.05, 0) is 49.9 Å². The van der Waals surface area contributed by atoms with Gasteiger partial charge >= 0.3 is 0 Å². The van der Waals surface area contributed by atoms with E-state index in [2.05, 4.69) is 34.5 Å². The first-order valence-electron chi connectivity index (χ1n) is 10.4. The molecule has 2 aromatic rings. The Balaban J connectivity index is 1.31. The quantitative estimate of drug-likeness (QED) is 0.682. The van der Waals surface area contributed by atoms with Crippen LogP contribution in [0.2, 0.25) is 10.0 Å². The van der Waals surface area contributed by atoms with E-state index in [0.717, 1.165) is 31.5 Å². The number of aliphatic hydroxyl groups excluding tert-OH is 1. The number of anilines is 1. The van der Waals surface area contributed by atoms with E-state index in [4.69, 9.17) is 27.9 Å². The molecule has 4 rings (SSSR count). The van der Waals surface area contributed by atoms with Crippen LogP contribution in [-0.4, -0.2) is 48.3 Å². The normalized spacial score (nSPS) is 18.6. The Morgan fingerprint density at radius 1 is 1.13 bits per heavy atom. The van der Waals surface area contributed by atoms with Crippen LogP contribution in [0, 0.1) is 0 Å². The predicted molar refractivity (Wildman–Crippen MR) is 120 cm³/mol. The minimum Gasteiger partial charge on any atom is -0.489 e. The van der Waals surface area contributed by atoms with Gasteiger partial charge in [-0.25, -0.2) is 0 Å². The van der Waals surface area contributed by atoms with Crippen molar-refractivity contribution in [2.24, 2.45) is 0 Å². The number of β-amino-alcohol motifs (C(OH)–C–C–N with tert-alkyl or cyclic N) is 1. The SMILES string of the molecule is O=C1CCc2c(c(Cl)cc(Cl)c2OCC(O)CN2CCC(c3ccccc3)CC2)N1. The van der Waals surface area contributed by atoms with Gasteiger partial charge in [0, 0.05) is 18.5 Å². The lowest BCUT2D eigenvalue weighted by atomic mass is 9.89. The number of hydrogen-bond donors (Lipinski definition) is 2. The van der Waals surface area contributed by atoms with Crippen molar-refractivity contribution >= 4 is 34.8 Å². The van der Waals surface area contributed by atoms with Crippen LogP contribution in [0.3, 0.4) is 0 Å². The molecule has 0 saturated carbocycles. The Kier molecular flexibility index (Phi) is 6.84. The number of rotatable bonds is 6. The second-order valence-corrected chi connectivity index (χ2v) is 8.84. The molecule has 160 valence electrons. The highest BCUT2D eigenvalue weighted by atomic mass is 35.5. The number of ether oxygens (including phenoxy) is 1. The molecule has 1 unspecified atom stereocenters. The average molecular weight is 449 g/mol. The summed E-state index contributed by atoms with van der Waals surface area (Å²) < 4.78 is 5.90. The van der Waals surface area contributed by atoms with Crippen LogP contribution in [0.5, 0.6) is 5.75 Å². The van der Waals surface area contributed by atoms with Gasteiger partial charge in [-0.2, -0.15) is 0 Å². The van der Waals surface area contributed by atoms with E-state index in [1.54, 1.807) is 6.07 Å². The first kappa shape index (κ1) is 21.4. The number of carbonyl (C=O) groups is 1. The van der Waals surface area contributed by atoms with Crippen LogP contribution in [0.25, 0.3) is 0 Å². The molecule has 7 heteroatoms. The second kappa shape index (κ2) is 9.56. The molecule has 5 nitrogen and oxygen atoms in total. The third-order valence-electron chi connectivity index (χ3n) is 5.90. The van der Waals surface area contributed by atoms with Crippen molar-refractivity contribution < 1.29 is 14.6 Å². The van der Waals surface area contributed by atoms with Crippen LogP contribution in [-0.2, 0) is 11.2 Å². The molecule has 0 radical (unpaired) electrons. The van der Waals surface area contributed by atoms with Gasteiger partial charge in [-0.1, -0.05) is 53.5 Å². The molecule has 2 aliphatic rings. The molecule has 0 spiro atoms. The van der Waals surface area contributed by atoms with Gasteiger partial charge in [0.1, 0.15) is 18.5 Å². The maximum absolute atomic E-state index is 11.7. The summed E-state index contributed by atoms with van der Waals surface area (Å²) in [6.07, 6.45) is 2.43. The fourth-order valence-electron chi connectivity index (χ4n) is 4.33. The standard InChI is InChI=1S/C23H26Cl2N2O3/c24-19-12-20(25)23(18-6-7-21(29)26-22(18)19)30-14-17(28)13-27-10-8-16(9-11-27)15-4-2-1-3-5-15/h1-5,12,16-17,28H,6-11,13-14H2,(H,26,29). The van der Waals surface area contributed by atoms with Crippen molar-refractivity contribution in [3.05, 3.63) is 57.6 Å². The molecule has 1 saturated heterocycles. The zero-order chi connectivity index (χ0) is 21.1. The largest absolute Gasteiger partial charge is 0.489 e. The topological polar surface area (TPSA) is 61.8 Å². The lowest BCUT2D eigenvalue weighted by Crippen LogP contribution is -2.40. The van der Waals surface area contributed by atoms with Crippen molar-refractivity contribution in [3.63, 3.8) is 0 Å². The van der Waals surface area contributed by atoms with Gasteiger partial charge in [0.25, 0.3) is 0 Å². The van der Waals surface area contributed by atoms with Crippen molar-refractivity contribution in [2.45, 2.75) is 37.7 Å². The highest BCUT2D eigenvalue weighted by molar-refractivity contribution is 6.38. The Morgan fingerprint density at radius 3 is 2.60 bits per heavy atom. The molecule has 30 heavy (non-hydrogen) atoms. The van der Waals surface area contributed by atoms with Crippen molar-refractivity contribution in [2.75, 3.05) is 31.6 Å². The van der Waals surface area contributed by atoms with Gasteiger partial charge in [0.2, 0.25) is 5.91 Å². The molecular formula is C23H26Cl2N2O3. The van der Waals surface area contributed by atoms with E-state index in [9.17, 15) is 9.90 Å². The zero-order valence-electron chi connectivity index (χ0n) is 16.7. The number of halogens is 2. The molecule has 1 fully saturated rings. The maximum atomic E-state index is 11.7. The lowest BCUT2D eigenvalue weighted by Gasteiger charge is -2.33. The summed E-state index contributed by atoms with van der Waals surface area (Å²) in [6, 6.07) is 12.2. The van der Waals surface area contributed by atoms with Crippen LogP contribution < -0.4 is 10.1 Å². The Hall–Kier alpha value is -1.79. The van der Waals surface area contributed by atoms with Gasteiger partial charge < -0.3 is 20.1 Å². The number of fused-ring (bicyclic) bond motifs is 1. The summed E-state index contributed by atoms with van der Waals surface area (Å²) in [6.45, 7) is 2.62. The molecule has 0 aromatic heterocycles. The zero-order valence-corrected chi connectivity index (χ0v) is 18.3. The third kappa shape index (κ3) is 4.92. The van der Waals surface area contributed by atoms with Gasteiger partial charge in [-0.15, -0.1) is 0 Å². The number of hydrogen-bond acceptors (Lipinski definition) is 4. The van der Waals surface area contributed by atoms with E-state index in [0.29, 0.717) is 46.8 Å². The first-order valence-corrected chi connectivity index (χ1v) is 11.2. The number of nitrogens with one attached hydrogen (secondary N) is 1. The van der Waals surface area contributed by atoms with E-state index in [1.807, 2.05) is 6.07 Å². The first-order chi connectivity index (χ1) is 14.5. The smallest absolute Gasteiger partial charge is 0.224 e. The number of nitrogens with zero attached hydrogens (tertiary/aromatic N) is 1. The van der Waals surface area contributed by atoms with Gasteiger partial charge in [0.05, 0.1) is 15.7 Å². The summed E-state index contributed by atoms with van der Waals surface area (Å²) in [5.41, 5.74) is 2.75. The van der Waals surface area contributed by atoms with Crippen molar-refractivity contribution in [3.8, 4) is 5.75 Å². The van der Waals surface area contributed by atoms with E-state index in [-0.39, 0.29) is 12.5 Å². The van der Waals surface area contributed by atoms with E-state index < -0.39 is 6.10 Å². The lowest BCUT2D eigenvalue weighted by molar-refractivity contribution is -0.116. The molecule has 0 aliphatic carbocycles. The highest BCUT2D eigenvalue weighted by Gasteiger charge is 2.26.